The lowest BCUT2D eigenvalue weighted by molar-refractivity contribution is 0.675. The molecule has 0 fully saturated rings. The summed E-state index contributed by atoms with van der Waals surface area (Å²) in [6, 6.07) is 8.76. The van der Waals surface area contributed by atoms with Crippen LogP contribution in [0.3, 0.4) is 0 Å². The molecule has 3 aromatic rings. The second-order valence-corrected chi connectivity index (χ2v) is 6.31. The van der Waals surface area contributed by atoms with Crippen molar-refractivity contribution in [1.29, 1.82) is 0 Å². The molecule has 0 radical (unpaired) electrons. The fourth-order valence-electron chi connectivity index (χ4n) is 3.46. The number of aryl methyl sites for hydroxylation is 1. The Bertz CT molecular complexity index is 814. The molecule has 1 aliphatic carbocycles. The average Bonchev–Trinajstić information content (AvgIpc) is 3.18. The molecular weight excluding hydrogens is 286 g/mol. The van der Waals surface area contributed by atoms with Crippen molar-refractivity contribution >= 4 is 10.9 Å². The van der Waals surface area contributed by atoms with Crippen LogP contribution in [0, 0.1) is 0 Å². The quantitative estimate of drug-likeness (QED) is 0.546. The second kappa shape index (κ2) is 6.18. The van der Waals surface area contributed by atoms with E-state index in [0.29, 0.717) is 6.54 Å². The first-order chi connectivity index (χ1) is 11.3. The van der Waals surface area contributed by atoms with Crippen molar-refractivity contribution in [2.45, 2.75) is 32.2 Å². The first kappa shape index (κ1) is 14.5. The van der Waals surface area contributed by atoms with Crippen molar-refractivity contribution in [2.75, 3.05) is 13.1 Å². The summed E-state index contributed by atoms with van der Waals surface area (Å²) >= 11 is 0. The highest BCUT2D eigenvalue weighted by Gasteiger charge is 2.19. The number of nitrogens with two attached hydrogens (primary N) is 1. The molecule has 0 unspecified atom stereocenters. The smallest absolute Gasteiger partial charge is 0.112 e. The summed E-state index contributed by atoms with van der Waals surface area (Å²) in [4.78, 5) is 3.52. The summed E-state index contributed by atoms with van der Waals surface area (Å²) in [6.45, 7) is 2.36. The molecule has 0 atom stereocenters. The first-order valence-corrected chi connectivity index (χ1v) is 8.44. The first-order valence-electron chi connectivity index (χ1n) is 8.44. The van der Waals surface area contributed by atoms with E-state index in [9.17, 15) is 0 Å². The van der Waals surface area contributed by atoms with Crippen LogP contribution in [0.25, 0.3) is 22.3 Å². The van der Waals surface area contributed by atoms with Gasteiger partial charge in [0.25, 0.3) is 0 Å². The van der Waals surface area contributed by atoms with Gasteiger partial charge in [-0.15, -0.1) is 0 Å². The summed E-state index contributed by atoms with van der Waals surface area (Å²) < 4.78 is 0. The predicted molar refractivity (Wildman–Crippen MR) is 93.3 cm³/mol. The van der Waals surface area contributed by atoms with Gasteiger partial charge < -0.3 is 16.0 Å². The molecule has 5 heteroatoms. The highest BCUT2D eigenvalue weighted by Crippen LogP contribution is 2.31. The second-order valence-electron chi connectivity index (χ2n) is 6.31. The van der Waals surface area contributed by atoms with Gasteiger partial charge >= 0.3 is 0 Å². The van der Waals surface area contributed by atoms with E-state index in [1.54, 1.807) is 0 Å². The Morgan fingerprint density at radius 3 is 3.00 bits per heavy atom. The largest absolute Gasteiger partial charge is 0.353 e. The Labute approximate surface area is 135 Å². The molecule has 0 aliphatic heterocycles. The standard InChI is InChI=1S/C18H23N5/c19-7-8-20-11-12-5-6-15-13(9-12)10-17(21-15)18-14-3-1-2-4-16(14)22-23-18/h5-6,9-10,20-21H,1-4,7-8,11,19H2,(H,22,23). The number of H-pyrrole nitrogens is 2. The normalized spacial score (nSPS) is 14.3. The molecule has 1 aliphatic rings. The molecule has 1 aromatic carbocycles. The summed E-state index contributed by atoms with van der Waals surface area (Å²) in [7, 11) is 0. The average molecular weight is 309 g/mol. The Balaban J connectivity index is 1.65. The van der Waals surface area contributed by atoms with Crippen LogP contribution in [0.4, 0.5) is 0 Å². The van der Waals surface area contributed by atoms with Crippen LogP contribution in [0.2, 0.25) is 0 Å². The van der Waals surface area contributed by atoms with E-state index in [4.69, 9.17) is 5.73 Å². The van der Waals surface area contributed by atoms with E-state index in [1.165, 1.54) is 35.0 Å². The molecular formula is C18H23N5. The van der Waals surface area contributed by atoms with Crippen LogP contribution in [-0.2, 0) is 19.4 Å². The molecule has 0 saturated heterocycles. The van der Waals surface area contributed by atoms with E-state index in [-0.39, 0.29) is 0 Å². The van der Waals surface area contributed by atoms with E-state index in [0.717, 1.165) is 42.8 Å². The molecule has 2 heterocycles. The number of benzene rings is 1. The zero-order chi connectivity index (χ0) is 15.6. The number of nitrogens with zero attached hydrogens (tertiary/aromatic N) is 1. The third kappa shape index (κ3) is 2.78. The molecule has 0 amide bonds. The molecule has 0 saturated carbocycles. The molecule has 23 heavy (non-hydrogen) atoms. The lowest BCUT2D eigenvalue weighted by atomic mass is 9.95. The summed E-state index contributed by atoms with van der Waals surface area (Å²) in [6.07, 6.45) is 4.78. The SMILES string of the molecule is NCCNCc1ccc2[nH]c(-c3n[nH]c4c3CCCC4)cc2c1. The van der Waals surface area contributed by atoms with Gasteiger partial charge in [0.1, 0.15) is 5.69 Å². The Kier molecular flexibility index (Phi) is 3.89. The van der Waals surface area contributed by atoms with Crippen LogP contribution in [0.5, 0.6) is 0 Å². The van der Waals surface area contributed by atoms with Gasteiger partial charge in [-0.05, 0) is 49.4 Å². The zero-order valence-corrected chi connectivity index (χ0v) is 13.3. The topological polar surface area (TPSA) is 82.5 Å². The maximum Gasteiger partial charge on any atom is 0.112 e. The van der Waals surface area contributed by atoms with Gasteiger partial charge in [0.15, 0.2) is 0 Å². The minimum absolute atomic E-state index is 0.667. The van der Waals surface area contributed by atoms with Gasteiger partial charge in [-0.1, -0.05) is 6.07 Å². The molecule has 120 valence electrons. The minimum atomic E-state index is 0.667. The monoisotopic (exact) mass is 309 g/mol. The summed E-state index contributed by atoms with van der Waals surface area (Å²) in [5, 5.41) is 12.4. The van der Waals surface area contributed by atoms with Crippen LogP contribution < -0.4 is 11.1 Å². The van der Waals surface area contributed by atoms with Crippen molar-refractivity contribution in [1.82, 2.24) is 20.5 Å². The summed E-state index contributed by atoms with van der Waals surface area (Å²) in [5.74, 6) is 0. The molecule has 0 bridgehead atoms. The van der Waals surface area contributed by atoms with Crippen LogP contribution in [-0.4, -0.2) is 28.3 Å². The maximum atomic E-state index is 5.52. The van der Waals surface area contributed by atoms with Gasteiger partial charge in [0.2, 0.25) is 0 Å². The van der Waals surface area contributed by atoms with Gasteiger partial charge in [-0.3, -0.25) is 5.10 Å². The fraction of sp³-hybridized carbons (Fsp3) is 0.389. The van der Waals surface area contributed by atoms with Crippen molar-refractivity contribution in [3.8, 4) is 11.4 Å². The van der Waals surface area contributed by atoms with E-state index in [1.807, 2.05) is 0 Å². The molecule has 5 nitrogen and oxygen atoms in total. The molecule has 4 rings (SSSR count). The number of rotatable bonds is 5. The van der Waals surface area contributed by atoms with Crippen LogP contribution >= 0.6 is 0 Å². The summed E-state index contributed by atoms with van der Waals surface area (Å²) in [5.41, 5.74) is 12.9. The van der Waals surface area contributed by atoms with Crippen molar-refractivity contribution in [2.24, 2.45) is 5.73 Å². The Hall–Kier alpha value is -2.11. The lowest BCUT2D eigenvalue weighted by Gasteiger charge is -2.10. The number of hydrogen-bond acceptors (Lipinski definition) is 3. The van der Waals surface area contributed by atoms with Crippen molar-refractivity contribution < 1.29 is 0 Å². The van der Waals surface area contributed by atoms with E-state index < -0.39 is 0 Å². The third-order valence-electron chi connectivity index (χ3n) is 4.65. The highest BCUT2D eigenvalue weighted by atomic mass is 15.1. The van der Waals surface area contributed by atoms with Gasteiger partial charge in [-0.2, -0.15) is 5.10 Å². The predicted octanol–water partition coefficient (Wildman–Crippen LogP) is 2.49. The number of aromatic amines is 2. The van der Waals surface area contributed by atoms with Gasteiger partial charge in [0, 0.05) is 41.8 Å². The number of hydrogen-bond donors (Lipinski definition) is 4. The van der Waals surface area contributed by atoms with E-state index in [2.05, 4.69) is 44.8 Å². The minimum Gasteiger partial charge on any atom is -0.353 e. The Morgan fingerprint density at radius 1 is 1.17 bits per heavy atom. The highest BCUT2D eigenvalue weighted by molar-refractivity contribution is 5.86. The van der Waals surface area contributed by atoms with E-state index >= 15 is 0 Å². The lowest BCUT2D eigenvalue weighted by Crippen LogP contribution is -2.21. The number of fused-ring (bicyclic) bond motifs is 2. The number of nitrogens with one attached hydrogen (secondary N) is 3. The van der Waals surface area contributed by atoms with Crippen LogP contribution in [0.1, 0.15) is 29.7 Å². The molecule has 5 N–H and O–H groups in total. The fourth-order valence-corrected chi connectivity index (χ4v) is 3.46. The maximum absolute atomic E-state index is 5.52. The molecule has 0 spiro atoms. The third-order valence-corrected chi connectivity index (χ3v) is 4.65. The molecule has 2 aromatic heterocycles. The van der Waals surface area contributed by atoms with Crippen LogP contribution in [0.15, 0.2) is 24.3 Å². The Morgan fingerprint density at radius 2 is 2.09 bits per heavy atom. The van der Waals surface area contributed by atoms with Crippen molar-refractivity contribution in [3.63, 3.8) is 0 Å². The zero-order valence-electron chi connectivity index (χ0n) is 13.3. The van der Waals surface area contributed by atoms with Gasteiger partial charge in [-0.25, -0.2) is 0 Å². The number of aromatic nitrogens is 3. The van der Waals surface area contributed by atoms with Crippen molar-refractivity contribution in [3.05, 3.63) is 41.1 Å². The van der Waals surface area contributed by atoms with Gasteiger partial charge in [0.05, 0.1) is 5.69 Å².